The fraction of sp³-hybridized carbons (Fsp3) is 0.333. The highest BCUT2D eigenvalue weighted by atomic mass is 15.2. The van der Waals surface area contributed by atoms with E-state index in [-0.39, 0.29) is 0 Å². The lowest BCUT2D eigenvalue weighted by Crippen LogP contribution is -1.86. The van der Waals surface area contributed by atoms with Gasteiger partial charge in [-0.2, -0.15) is 5.10 Å². The van der Waals surface area contributed by atoms with Crippen LogP contribution in [-0.2, 0) is 0 Å². The van der Waals surface area contributed by atoms with Gasteiger partial charge in [0.15, 0.2) is 5.65 Å². The summed E-state index contributed by atoms with van der Waals surface area (Å²) in [5.41, 5.74) is 8.35. The molecule has 0 saturated heterocycles. The molecule has 4 heteroatoms. The number of nitrogens with one attached hydrogen (secondary N) is 1. The maximum absolute atomic E-state index is 5.67. The van der Waals surface area contributed by atoms with Crippen LogP contribution in [0.1, 0.15) is 24.5 Å². The summed E-state index contributed by atoms with van der Waals surface area (Å²) in [4.78, 5) is 4.17. The van der Waals surface area contributed by atoms with E-state index in [4.69, 9.17) is 5.73 Å². The Hall–Kier alpha value is -1.58. The number of rotatable bonds is 1. The van der Waals surface area contributed by atoms with Gasteiger partial charge in [0, 0.05) is 11.3 Å². The second kappa shape index (κ2) is 2.22. The molecule has 0 radical (unpaired) electrons. The largest absolute Gasteiger partial charge is 0.397 e. The van der Waals surface area contributed by atoms with Crippen molar-refractivity contribution in [3.63, 3.8) is 0 Å². The molecule has 1 fully saturated rings. The quantitative estimate of drug-likeness (QED) is 0.687. The number of H-pyrrole nitrogens is 1. The van der Waals surface area contributed by atoms with E-state index in [1.165, 1.54) is 12.8 Å². The molecule has 2 heterocycles. The Bertz CT molecular complexity index is 456. The van der Waals surface area contributed by atoms with Crippen LogP contribution < -0.4 is 5.73 Å². The molecule has 0 aliphatic heterocycles. The van der Waals surface area contributed by atoms with Crippen LogP contribution >= 0.6 is 0 Å². The predicted octanol–water partition coefficient (Wildman–Crippen LogP) is 1.42. The van der Waals surface area contributed by atoms with Crippen molar-refractivity contribution in [2.75, 3.05) is 5.73 Å². The molecule has 2 aromatic heterocycles. The number of hydrogen-bond acceptors (Lipinski definition) is 3. The molecule has 0 aromatic carbocycles. The minimum absolute atomic E-state index is 0.636. The summed E-state index contributed by atoms with van der Waals surface area (Å²) >= 11 is 0. The fourth-order valence-electron chi connectivity index (χ4n) is 1.61. The van der Waals surface area contributed by atoms with Gasteiger partial charge in [0.2, 0.25) is 0 Å². The SMILES string of the molecule is Nc1cnc2[nH]nc(C3CC3)c2c1. The van der Waals surface area contributed by atoms with Crippen LogP contribution in [0.25, 0.3) is 11.0 Å². The lowest BCUT2D eigenvalue weighted by Gasteiger charge is -1.93. The van der Waals surface area contributed by atoms with Crippen LogP contribution in [0.15, 0.2) is 12.3 Å². The summed E-state index contributed by atoms with van der Waals surface area (Å²) < 4.78 is 0. The molecule has 0 unspecified atom stereocenters. The van der Waals surface area contributed by atoms with Gasteiger partial charge < -0.3 is 5.73 Å². The third-order valence-electron chi connectivity index (χ3n) is 2.43. The molecule has 3 rings (SSSR count). The molecule has 1 saturated carbocycles. The highest BCUT2D eigenvalue weighted by Gasteiger charge is 2.28. The Morgan fingerprint density at radius 2 is 2.31 bits per heavy atom. The predicted molar refractivity (Wildman–Crippen MR) is 50.3 cm³/mol. The van der Waals surface area contributed by atoms with E-state index < -0.39 is 0 Å². The normalized spacial score (nSPS) is 16.6. The maximum Gasteiger partial charge on any atom is 0.155 e. The Morgan fingerprint density at radius 1 is 1.46 bits per heavy atom. The zero-order valence-electron chi connectivity index (χ0n) is 7.12. The first-order valence-electron chi connectivity index (χ1n) is 4.44. The number of aromatic amines is 1. The number of pyridine rings is 1. The Kier molecular flexibility index (Phi) is 1.17. The Labute approximate surface area is 75.2 Å². The second-order valence-corrected chi connectivity index (χ2v) is 3.55. The van der Waals surface area contributed by atoms with Crippen molar-refractivity contribution in [2.45, 2.75) is 18.8 Å². The van der Waals surface area contributed by atoms with E-state index in [1.54, 1.807) is 6.20 Å². The monoisotopic (exact) mass is 174 g/mol. The second-order valence-electron chi connectivity index (χ2n) is 3.55. The maximum atomic E-state index is 5.67. The van der Waals surface area contributed by atoms with E-state index in [1.807, 2.05) is 6.07 Å². The first-order valence-corrected chi connectivity index (χ1v) is 4.44. The lowest BCUT2D eigenvalue weighted by atomic mass is 10.2. The minimum atomic E-state index is 0.636. The topological polar surface area (TPSA) is 67.6 Å². The number of nitrogens with two attached hydrogens (primary N) is 1. The molecule has 0 spiro atoms. The van der Waals surface area contributed by atoms with Crippen molar-refractivity contribution in [2.24, 2.45) is 0 Å². The van der Waals surface area contributed by atoms with Crippen molar-refractivity contribution in [3.8, 4) is 0 Å². The van der Waals surface area contributed by atoms with Crippen molar-refractivity contribution < 1.29 is 0 Å². The van der Waals surface area contributed by atoms with Gasteiger partial charge in [-0.15, -0.1) is 0 Å². The third kappa shape index (κ3) is 0.983. The van der Waals surface area contributed by atoms with Gasteiger partial charge in [0.05, 0.1) is 17.6 Å². The van der Waals surface area contributed by atoms with Crippen LogP contribution in [0.5, 0.6) is 0 Å². The molecule has 3 N–H and O–H groups in total. The molecule has 1 aliphatic carbocycles. The summed E-state index contributed by atoms with van der Waals surface area (Å²) in [5, 5.41) is 8.26. The number of aromatic nitrogens is 3. The molecule has 66 valence electrons. The summed E-state index contributed by atoms with van der Waals surface area (Å²) in [7, 11) is 0. The van der Waals surface area contributed by atoms with Gasteiger partial charge >= 0.3 is 0 Å². The zero-order chi connectivity index (χ0) is 8.84. The fourth-order valence-corrected chi connectivity index (χ4v) is 1.61. The Balaban J connectivity index is 2.29. The summed E-state index contributed by atoms with van der Waals surface area (Å²) in [6, 6.07) is 1.94. The average Bonchev–Trinajstić information content (AvgIpc) is 2.87. The van der Waals surface area contributed by atoms with E-state index in [0.717, 1.165) is 16.7 Å². The highest BCUT2D eigenvalue weighted by Crippen LogP contribution is 2.41. The van der Waals surface area contributed by atoms with E-state index in [2.05, 4.69) is 15.2 Å². The van der Waals surface area contributed by atoms with Gasteiger partial charge in [-0.1, -0.05) is 0 Å². The van der Waals surface area contributed by atoms with Crippen LogP contribution in [-0.4, -0.2) is 15.2 Å². The Morgan fingerprint density at radius 3 is 3.08 bits per heavy atom. The van der Waals surface area contributed by atoms with E-state index in [0.29, 0.717) is 11.6 Å². The van der Waals surface area contributed by atoms with Gasteiger partial charge in [-0.05, 0) is 18.9 Å². The molecule has 2 aromatic rings. The standard InChI is InChI=1S/C9H10N4/c10-6-3-7-8(5-1-2-5)12-13-9(7)11-4-6/h3-5H,1-2,10H2,(H,11,12,13). The average molecular weight is 174 g/mol. The first-order chi connectivity index (χ1) is 6.34. The third-order valence-corrected chi connectivity index (χ3v) is 2.43. The highest BCUT2D eigenvalue weighted by molar-refractivity contribution is 5.81. The van der Waals surface area contributed by atoms with Crippen LogP contribution in [0, 0.1) is 0 Å². The molecular weight excluding hydrogens is 164 g/mol. The number of hydrogen-bond donors (Lipinski definition) is 2. The first kappa shape index (κ1) is 6.88. The van der Waals surface area contributed by atoms with Gasteiger partial charge in [0.25, 0.3) is 0 Å². The number of nitrogens with zero attached hydrogens (tertiary/aromatic N) is 2. The molecule has 1 aliphatic rings. The lowest BCUT2D eigenvalue weighted by molar-refractivity contribution is 0.974. The van der Waals surface area contributed by atoms with Gasteiger partial charge in [0.1, 0.15) is 0 Å². The number of nitrogen functional groups attached to an aromatic ring is 1. The van der Waals surface area contributed by atoms with Crippen LogP contribution in [0.3, 0.4) is 0 Å². The van der Waals surface area contributed by atoms with Crippen molar-refractivity contribution >= 4 is 16.7 Å². The van der Waals surface area contributed by atoms with E-state index in [9.17, 15) is 0 Å². The molecule has 0 amide bonds. The van der Waals surface area contributed by atoms with Crippen LogP contribution in [0.4, 0.5) is 5.69 Å². The van der Waals surface area contributed by atoms with Gasteiger partial charge in [-0.25, -0.2) is 4.98 Å². The van der Waals surface area contributed by atoms with Crippen molar-refractivity contribution in [3.05, 3.63) is 18.0 Å². The van der Waals surface area contributed by atoms with Crippen molar-refractivity contribution in [1.29, 1.82) is 0 Å². The van der Waals surface area contributed by atoms with Crippen LogP contribution in [0.2, 0.25) is 0 Å². The smallest absolute Gasteiger partial charge is 0.155 e. The molecular formula is C9H10N4. The minimum Gasteiger partial charge on any atom is -0.397 e. The number of fused-ring (bicyclic) bond motifs is 1. The van der Waals surface area contributed by atoms with Crippen molar-refractivity contribution in [1.82, 2.24) is 15.2 Å². The number of anilines is 1. The van der Waals surface area contributed by atoms with Gasteiger partial charge in [-0.3, -0.25) is 5.10 Å². The molecule has 13 heavy (non-hydrogen) atoms. The zero-order valence-corrected chi connectivity index (χ0v) is 7.12. The summed E-state index contributed by atoms with van der Waals surface area (Å²) in [5.74, 6) is 0.636. The molecule has 0 bridgehead atoms. The molecule has 0 atom stereocenters. The summed E-state index contributed by atoms with van der Waals surface area (Å²) in [6.45, 7) is 0. The van der Waals surface area contributed by atoms with E-state index >= 15 is 0 Å². The molecule has 4 nitrogen and oxygen atoms in total. The summed E-state index contributed by atoms with van der Waals surface area (Å²) in [6.07, 6.45) is 4.14.